The molecule has 0 bridgehead atoms. The molecule has 3 N–H and O–H groups in total. The van der Waals surface area contributed by atoms with E-state index in [1.54, 1.807) is 36.4 Å². The first kappa shape index (κ1) is 25.8. The Balaban J connectivity index is 1.44. The molecule has 0 aromatic heterocycles. The van der Waals surface area contributed by atoms with Crippen molar-refractivity contribution in [1.29, 1.82) is 0 Å². The number of aliphatic hydroxyl groups excluding tert-OH is 1. The van der Waals surface area contributed by atoms with E-state index in [1.165, 1.54) is 6.92 Å². The first-order valence-electron chi connectivity index (χ1n) is 10.6. The Morgan fingerprint density at radius 1 is 1.18 bits per heavy atom. The van der Waals surface area contributed by atoms with Crippen LogP contribution in [0.4, 0.5) is 5.69 Å². The highest BCUT2D eigenvalue weighted by molar-refractivity contribution is 9.10. The van der Waals surface area contributed by atoms with Gasteiger partial charge in [-0.05, 0) is 43.2 Å². The second kappa shape index (κ2) is 12.0. The number of aliphatic hydroxyl groups is 1. The number of rotatable bonds is 8. The Kier molecular flexibility index (Phi) is 9.40. The summed E-state index contributed by atoms with van der Waals surface area (Å²) in [5, 5.41) is 16.8. The SMILES string of the molecule is CC(=O)Nc1ccc(Br)cc1C(=O)NC[C@@H](O)CN1CCC(Oc2ccc(Cl)c(Cl)c2)CC1. The zero-order valence-corrected chi connectivity index (χ0v) is 21.2. The molecule has 0 unspecified atom stereocenters. The van der Waals surface area contributed by atoms with Crippen molar-refractivity contribution in [2.24, 2.45) is 0 Å². The fourth-order valence-electron chi connectivity index (χ4n) is 3.62. The number of piperidine rings is 1. The second-order valence-corrected chi connectivity index (χ2v) is 9.66. The predicted octanol–water partition coefficient (Wildman–Crippen LogP) is 4.35. The maximum Gasteiger partial charge on any atom is 0.253 e. The summed E-state index contributed by atoms with van der Waals surface area (Å²) >= 11 is 15.3. The number of hydrogen-bond donors (Lipinski definition) is 3. The van der Waals surface area contributed by atoms with Gasteiger partial charge in [-0.25, -0.2) is 0 Å². The zero-order valence-electron chi connectivity index (χ0n) is 18.1. The number of carbonyl (C=O) groups excluding carboxylic acids is 2. The van der Waals surface area contributed by atoms with Crippen LogP contribution in [-0.4, -0.2) is 60.2 Å². The summed E-state index contributed by atoms with van der Waals surface area (Å²) in [5.41, 5.74) is 0.744. The molecule has 3 rings (SSSR count). The fourth-order valence-corrected chi connectivity index (χ4v) is 4.27. The summed E-state index contributed by atoms with van der Waals surface area (Å²) in [6, 6.07) is 10.3. The van der Waals surface area contributed by atoms with Gasteiger partial charge in [-0.15, -0.1) is 0 Å². The zero-order chi connectivity index (χ0) is 24.0. The van der Waals surface area contributed by atoms with E-state index in [0.29, 0.717) is 38.1 Å². The molecule has 10 heteroatoms. The Bertz CT molecular complexity index is 1000. The lowest BCUT2D eigenvalue weighted by molar-refractivity contribution is -0.114. The van der Waals surface area contributed by atoms with Crippen molar-refractivity contribution < 1.29 is 19.4 Å². The molecule has 1 heterocycles. The molecule has 0 saturated carbocycles. The maximum absolute atomic E-state index is 12.6. The molecule has 7 nitrogen and oxygen atoms in total. The number of halogens is 3. The number of nitrogens with one attached hydrogen (secondary N) is 2. The first-order chi connectivity index (χ1) is 15.7. The van der Waals surface area contributed by atoms with Crippen LogP contribution in [0.25, 0.3) is 0 Å². The summed E-state index contributed by atoms with van der Waals surface area (Å²) < 4.78 is 6.71. The number of hydrogen-bond acceptors (Lipinski definition) is 5. The molecular weight excluding hydrogens is 533 g/mol. The van der Waals surface area contributed by atoms with E-state index < -0.39 is 6.10 Å². The molecule has 33 heavy (non-hydrogen) atoms. The highest BCUT2D eigenvalue weighted by Gasteiger charge is 2.23. The lowest BCUT2D eigenvalue weighted by Crippen LogP contribution is -2.45. The van der Waals surface area contributed by atoms with E-state index in [2.05, 4.69) is 31.5 Å². The molecule has 1 aliphatic rings. The van der Waals surface area contributed by atoms with Gasteiger partial charge in [0.05, 0.1) is 27.4 Å². The van der Waals surface area contributed by atoms with E-state index in [1.807, 2.05) is 0 Å². The molecule has 1 fully saturated rings. The van der Waals surface area contributed by atoms with Crippen molar-refractivity contribution >= 4 is 56.6 Å². The van der Waals surface area contributed by atoms with Gasteiger partial charge in [0.15, 0.2) is 0 Å². The summed E-state index contributed by atoms with van der Waals surface area (Å²) in [7, 11) is 0. The molecular formula is C23H26BrCl2N3O4. The number of carbonyl (C=O) groups is 2. The summed E-state index contributed by atoms with van der Waals surface area (Å²) in [6.45, 7) is 3.47. The van der Waals surface area contributed by atoms with Crippen molar-refractivity contribution in [2.75, 3.05) is 31.5 Å². The number of anilines is 1. The van der Waals surface area contributed by atoms with Crippen LogP contribution in [0.5, 0.6) is 5.75 Å². The Morgan fingerprint density at radius 3 is 2.58 bits per heavy atom. The Morgan fingerprint density at radius 2 is 1.91 bits per heavy atom. The Hall–Kier alpha value is -1.84. The van der Waals surface area contributed by atoms with Crippen molar-refractivity contribution in [1.82, 2.24) is 10.2 Å². The van der Waals surface area contributed by atoms with Crippen molar-refractivity contribution in [3.63, 3.8) is 0 Å². The topological polar surface area (TPSA) is 90.9 Å². The smallest absolute Gasteiger partial charge is 0.253 e. The quantitative estimate of drug-likeness (QED) is 0.448. The summed E-state index contributed by atoms with van der Waals surface area (Å²) in [6.07, 6.45) is 0.978. The van der Waals surface area contributed by atoms with Gasteiger partial charge in [-0.3, -0.25) is 9.59 Å². The van der Waals surface area contributed by atoms with Gasteiger partial charge >= 0.3 is 0 Å². The molecule has 1 aliphatic heterocycles. The third-order valence-electron chi connectivity index (χ3n) is 5.23. The van der Waals surface area contributed by atoms with Crippen LogP contribution < -0.4 is 15.4 Å². The van der Waals surface area contributed by atoms with E-state index in [-0.39, 0.29) is 24.5 Å². The lowest BCUT2D eigenvalue weighted by atomic mass is 10.1. The Labute approximate surface area is 211 Å². The van der Waals surface area contributed by atoms with Gasteiger partial charge in [-0.1, -0.05) is 39.1 Å². The van der Waals surface area contributed by atoms with Crippen molar-refractivity contribution in [3.8, 4) is 5.75 Å². The van der Waals surface area contributed by atoms with E-state index in [9.17, 15) is 14.7 Å². The van der Waals surface area contributed by atoms with E-state index >= 15 is 0 Å². The van der Waals surface area contributed by atoms with Crippen LogP contribution in [0.3, 0.4) is 0 Å². The predicted molar refractivity (Wildman–Crippen MR) is 133 cm³/mol. The highest BCUT2D eigenvalue weighted by Crippen LogP contribution is 2.28. The molecule has 2 amide bonds. The number of nitrogens with zero attached hydrogens (tertiary/aromatic N) is 1. The van der Waals surface area contributed by atoms with E-state index in [4.69, 9.17) is 27.9 Å². The minimum atomic E-state index is -0.724. The number of amides is 2. The minimum absolute atomic E-state index is 0.0686. The van der Waals surface area contributed by atoms with Crippen LogP contribution in [0.1, 0.15) is 30.1 Å². The van der Waals surface area contributed by atoms with Gasteiger partial charge in [0.25, 0.3) is 5.91 Å². The van der Waals surface area contributed by atoms with Crippen molar-refractivity contribution in [2.45, 2.75) is 32.0 Å². The number of ether oxygens (including phenoxy) is 1. The normalized spacial score (nSPS) is 15.7. The third-order valence-corrected chi connectivity index (χ3v) is 6.46. The van der Waals surface area contributed by atoms with Gasteiger partial charge in [0.2, 0.25) is 5.91 Å². The van der Waals surface area contributed by atoms with Crippen LogP contribution >= 0.6 is 39.1 Å². The van der Waals surface area contributed by atoms with Crippen LogP contribution in [0.2, 0.25) is 10.0 Å². The average molecular weight is 559 g/mol. The molecule has 1 atom stereocenters. The maximum atomic E-state index is 12.6. The van der Waals surface area contributed by atoms with Gasteiger partial charge in [0.1, 0.15) is 11.9 Å². The number of β-amino-alcohol motifs (C(OH)–C–C–N with tert-alkyl or cyclic N) is 1. The summed E-state index contributed by atoms with van der Waals surface area (Å²) in [4.78, 5) is 26.2. The lowest BCUT2D eigenvalue weighted by Gasteiger charge is -2.33. The molecule has 2 aromatic carbocycles. The van der Waals surface area contributed by atoms with Crippen LogP contribution in [0.15, 0.2) is 40.9 Å². The van der Waals surface area contributed by atoms with Gasteiger partial charge in [-0.2, -0.15) is 0 Å². The molecule has 0 spiro atoms. The second-order valence-electron chi connectivity index (χ2n) is 7.93. The highest BCUT2D eigenvalue weighted by atomic mass is 79.9. The molecule has 178 valence electrons. The van der Waals surface area contributed by atoms with Crippen LogP contribution in [0, 0.1) is 0 Å². The molecule has 1 saturated heterocycles. The van der Waals surface area contributed by atoms with Crippen LogP contribution in [-0.2, 0) is 4.79 Å². The van der Waals surface area contributed by atoms with Gasteiger partial charge in [0, 0.05) is 43.6 Å². The van der Waals surface area contributed by atoms with Crippen molar-refractivity contribution in [3.05, 3.63) is 56.5 Å². The minimum Gasteiger partial charge on any atom is -0.490 e. The molecule has 2 aromatic rings. The summed E-state index contributed by atoms with van der Waals surface area (Å²) in [5.74, 6) is 0.0579. The third kappa shape index (κ3) is 7.86. The molecule has 0 radical (unpaired) electrons. The average Bonchev–Trinajstić information content (AvgIpc) is 2.77. The number of likely N-dealkylation sites (tertiary alicyclic amines) is 1. The van der Waals surface area contributed by atoms with Gasteiger partial charge < -0.3 is 25.4 Å². The number of benzene rings is 2. The standard InChI is InChI=1S/C23H26BrCl2N3O4/c1-14(30)28-22-5-2-15(24)10-19(22)23(32)27-12-16(31)13-29-8-6-17(7-9-29)33-18-3-4-20(25)21(26)11-18/h2-5,10-11,16-17,31H,6-9,12-13H2,1H3,(H,27,32)(H,28,30)/t16-/m1/s1. The molecule has 0 aliphatic carbocycles. The fraction of sp³-hybridized carbons (Fsp3) is 0.391. The largest absolute Gasteiger partial charge is 0.490 e. The first-order valence-corrected chi connectivity index (χ1v) is 12.1. The monoisotopic (exact) mass is 557 g/mol. The van der Waals surface area contributed by atoms with E-state index in [0.717, 1.165) is 25.9 Å².